The van der Waals surface area contributed by atoms with Crippen molar-refractivity contribution in [3.05, 3.63) is 101 Å². The van der Waals surface area contributed by atoms with E-state index in [-0.39, 0.29) is 23.4 Å². The van der Waals surface area contributed by atoms with Crippen LogP contribution in [-0.2, 0) is 26.8 Å². The number of hydrogen-bond donors (Lipinski definition) is 1. The van der Waals surface area contributed by atoms with Crippen molar-refractivity contribution in [3.8, 4) is 0 Å². The first kappa shape index (κ1) is 25.8. The summed E-state index contributed by atoms with van der Waals surface area (Å²) in [4.78, 5) is 21.9. The van der Waals surface area contributed by atoms with Crippen LogP contribution >= 0.6 is 0 Å². The Morgan fingerprint density at radius 2 is 1.77 bits per heavy atom. The number of ketones is 1. The van der Waals surface area contributed by atoms with E-state index in [1.54, 1.807) is 18.3 Å². The average molecular weight is 540 g/mol. The van der Waals surface area contributed by atoms with Crippen molar-refractivity contribution in [2.24, 2.45) is 5.92 Å². The minimum Gasteiger partial charge on any atom is -0.317 e. The van der Waals surface area contributed by atoms with Crippen molar-refractivity contribution in [1.29, 1.82) is 0 Å². The predicted molar refractivity (Wildman–Crippen MR) is 152 cm³/mol. The molecule has 1 N–H and O–H groups in total. The van der Waals surface area contributed by atoms with Gasteiger partial charge in [-0.1, -0.05) is 30.3 Å². The molecule has 200 valence electrons. The Morgan fingerprint density at radius 1 is 0.974 bits per heavy atom. The Labute approximate surface area is 229 Å². The summed E-state index contributed by atoms with van der Waals surface area (Å²) >= 11 is 0. The summed E-state index contributed by atoms with van der Waals surface area (Å²) in [6.45, 7) is 4.01. The molecule has 1 unspecified atom stereocenters. The Morgan fingerprint density at radius 3 is 2.56 bits per heavy atom. The molecular weight excluding hydrogens is 506 g/mol. The normalized spacial score (nSPS) is 19.7. The lowest BCUT2D eigenvalue weighted by Crippen LogP contribution is -2.26. The van der Waals surface area contributed by atoms with E-state index in [9.17, 15) is 13.2 Å². The van der Waals surface area contributed by atoms with E-state index < -0.39 is 9.84 Å². The van der Waals surface area contributed by atoms with Gasteiger partial charge in [0.15, 0.2) is 9.84 Å². The van der Waals surface area contributed by atoms with Gasteiger partial charge in [-0.3, -0.25) is 14.8 Å². The minimum atomic E-state index is -3.52. The maximum atomic E-state index is 13.2. The molecule has 6 nitrogen and oxygen atoms in total. The van der Waals surface area contributed by atoms with Crippen LogP contribution in [0.5, 0.6) is 0 Å². The lowest BCUT2D eigenvalue weighted by Gasteiger charge is -2.23. The Kier molecular flexibility index (Phi) is 7.04. The molecule has 2 aromatic heterocycles. The van der Waals surface area contributed by atoms with Gasteiger partial charge >= 0.3 is 0 Å². The highest BCUT2D eigenvalue weighted by molar-refractivity contribution is 7.90. The van der Waals surface area contributed by atoms with Gasteiger partial charge < -0.3 is 5.32 Å². The number of sulfone groups is 1. The van der Waals surface area contributed by atoms with Gasteiger partial charge in [0.25, 0.3) is 0 Å². The molecule has 1 aliphatic carbocycles. The minimum absolute atomic E-state index is 0.0105. The molecule has 3 heterocycles. The second-order valence-corrected chi connectivity index (χ2v) is 13.0. The van der Waals surface area contributed by atoms with Gasteiger partial charge in [0.05, 0.1) is 16.3 Å². The molecule has 1 saturated carbocycles. The van der Waals surface area contributed by atoms with Gasteiger partial charge in [-0.25, -0.2) is 8.42 Å². The third-order valence-corrected chi connectivity index (χ3v) is 9.93. The van der Waals surface area contributed by atoms with Crippen molar-refractivity contribution in [2.75, 3.05) is 13.1 Å². The summed E-state index contributed by atoms with van der Waals surface area (Å²) in [5.74, 6) is 0.721. The molecule has 0 amide bonds. The van der Waals surface area contributed by atoms with Crippen LogP contribution in [0.15, 0.2) is 78.1 Å². The van der Waals surface area contributed by atoms with E-state index in [0.29, 0.717) is 22.9 Å². The number of hydrogen-bond acceptors (Lipinski definition) is 6. The van der Waals surface area contributed by atoms with Crippen molar-refractivity contribution < 1.29 is 13.2 Å². The van der Waals surface area contributed by atoms with Gasteiger partial charge in [-0.2, -0.15) is 0 Å². The first-order valence-electron chi connectivity index (χ1n) is 13.7. The van der Waals surface area contributed by atoms with Crippen LogP contribution in [0.2, 0.25) is 0 Å². The number of nitrogens with zero attached hydrogens (tertiary/aromatic N) is 2. The van der Waals surface area contributed by atoms with Crippen molar-refractivity contribution in [1.82, 2.24) is 15.3 Å². The standard InChI is InChI=1S/C32H33N3O3S/c1-21-18-34-19-26-3-2-22(14-29(21)26)15-32(36)31-17-30(31)24-4-6-28(7-5-24)39(37,38)20-27-16-25(10-13-35-27)23-8-11-33-12-9-23/h2-7,10,13-14,16,18-19,23,30-31,33H,8-9,11-12,15,17,20H2,1H3/t30?,31-/m1/s1. The van der Waals surface area contributed by atoms with Crippen LogP contribution in [0, 0.1) is 12.8 Å². The van der Waals surface area contributed by atoms with Crippen LogP contribution in [0.25, 0.3) is 10.8 Å². The lowest BCUT2D eigenvalue weighted by molar-refractivity contribution is -0.119. The van der Waals surface area contributed by atoms with Crippen LogP contribution in [0.3, 0.4) is 0 Å². The number of piperidine rings is 1. The first-order valence-corrected chi connectivity index (χ1v) is 15.4. The predicted octanol–water partition coefficient (Wildman–Crippen LogP) is 5.29. The molecule has 4 aromatic rings. The molecule has 0 spiro atoms. The zero-order valence-corrected chi connectivity index (χ0v) is 23.0. The SMILES string of the molecule is Cc1cncc2ccc(CC(=O)[C@@H]3CC3c3ccc(S(=O)(=O)Cc4cc(C5CCNCC5)ccn4)cc3)cc12. The second-order valence-electron chi connectivity index (χ2n) is 11.0. The fourth-order valence-electron chi connectivity index (χ4n) is 5.90. The third kappa shape index (κ3) is 5.65. The summed E-state index contributed by atoms with van der Waals surface area (Å²) in [7, 11) is -3.52. The monoisotopic (exact) mass is 539 g/mol. The summed E-state index contributed by atoms with van der Waals surface area (Å²) in [5.41, 5.74) is 4.91. The summed E-state index contributed by atoms with van der Waals surface area (Å²) in [6.07, 6.45) is 8.76. The number of nitrogens with one attached hydrogen (secondary N) is 1. The third-order valence-electron chi connectivity index (χ3n) is 8.26. The molecule has 0 bridgehead atoms. The average Bonchev–Trinajstić information content (AvgIpc) is 3.76. The number of benzene rings is 2. The Bertz CT molecular complexity index is 1630. The lowest BCUT2D eigenvalue weighted by atomic mass is 9.90. The highest BCUT2D eigenvalue weighted by Gasteiger charge is 2.43. The molecule has 0 radical (unpaired) electrons. The Hall–Kier alpha value is -3.42. The number of carbonyl (C=O) groups excluding carboxylic acids is 1. The molecule has 39 heavy (non-hydrogen) atoms. The molecule has 2 fully saturated rings. The molecule has 6 rings (SSSR count). The van der Waals surface area contributed by atoms with Crippen molar-refractivity contribution in [2.45, 2.75) is 55.1 Å². The zero-order chi connectivity index (χ0) is 27.0. The van der Waals surface area contributed by atoms with E-state index >= 15 is 0 Å². The van der Waals surface area contributed by atoms with Crippen molar-refractivity contribution >= 4 is 26.4 Å². The zero-order valence-electron chi connectivity index (χ0n) is 22.1. The Balaban J connectivity index is 1.09. The number of rotatable bonds is 8. The fourth-order valence-corrected chi connectivity index (χ4v) is 7.17. The van der Waals surface area contributed by atoms with E-state index in [1.807, 2.05) is 55.7 Å². The smallest absolute Gasteiger partial charge is 0.184 e. The maximum absolute atomic E-state index is 13.2. The van der Waals surface area contributed by atoms with Crippen LogP contribution in [-0.4, -0.2) is 37.3 Å². The van der Waals surface area contributed by atoms with Gasteiger partial charge in [0.1, 0.15) is 5.78 Å². The number of fused-ring (bicyclic) bond motifs is 1. The van der Waals surface area contributed by atoms with Gasteiger partial charge in [0.2, 0.25) is 0 Å². The summed E-state index contributed by atoms with van der Waals surface area (Å²) < 4.78 is 26.3. The van der Waals surface area contributed by atoms with Gasteiger partial charge in [0, 0.05) is 36.3 Å². The number of Topliss-reactive ketones (excluding diaryl/α,β-unsaturated/α-hetero) is 1. The number of carbonyl (C=O) groups is 1. The molecule has 1 aliphatic heterocycles. The molecular formula is C32H33N3O3S. The number of aryl methyl sites for hydroxylation is 1. The summed E-state index contributed by atoms with van der Waals surface area (Å²) in [6, 6.07) is 17.2. The quantitative estimate of drug-likeness (QED) is 0.327. The summed E-state index contributed by atoms with van der Waals surface area (Å²) in [5, 5.41) is 5.58. The van der Waals surface area contributed by atoms with E-state index in [4.69, 9.17) is 0 Å². The van der Waals surface area contributed by atoms with Gasteiger partial charge in [-0.15, -0.1) is 0 Å². The molecule has 7 heteroatoms. The van der Waals surface area contributed by atoms with E-state index in [2.05, 4.69) is 21.4 Å². The highest BCUT2D eigenvalue weighted by atomic mass is 32.2. The van der Waals surface area contributed by atoms with E-state index in [0.717, 1.165) is 59.8 Å². The maximum Gasteiger partial charge on any atom is 0.184 e. The highest BCUT2D eigenvalue weighted by Crippen LogP contribution is 2.48. The molecule has 2 atom stereocenters. The number of pyridine rings is 2. The van der Waals surface area contributed by atoms with Crippen LogP contribution in [0.1, 0.15) is 59.0 Å². The van der Waals surface area contributed by atoms with Crippen molar-refractivity contribution in [3.63, 3.8) is 0 Å². The second kappa shape index (κ2) is 10.6. The molecule has 2 aromatic carbocycles. The fraction of sp³-hybridized carbons (Fsp3) is 0.344. The topological polar surface area (TPSA) is 89.0 Å². The molecule has 1 saturated heterocycles. The number of aromatic nitrogens is 2. The largest absolute Gasteiger partial charge is 0.317 e. The van der Waals surface area contributed by atoms with E-state index in [1.165, 1.54) is 5.56 Å². The first-order chi connectivity index (χ1) is 18.9. The van der Waals surface area contributed by atoms with Crippen LogP contribution < -0.4 is 5.32 Å². The van der Waals surface area contributed by atoms with Gasteiger partial charge in [-0.05, 0) is 103 Å². The molecule has 2 aliphatic rings. The van der Waals surface area contributed by atoms with Crippen LogP contribution in [0.4, 0.5) is 0 Å².